The predicted molar refractivity (Wildman–Crippen MR) is 104 cm³/mol. The van der Waals surface area contributed by atoms with E-state index in [9.17, 15) is 14.0 Å². The number of carbonyl (C=O) groups excluding carboxylic acids is 2. The van der Waals surface area contributed by atoms with Crippen LogP contribution in [0.25, 0.3) is 0 Å². The van der Waals surface area contributed by atoms with Gasteiger partial charge in [-0.1, -0.05) is 12.1 Å². The summed E-state index contributed by atoms with van der Waals surface area (Å²) in [5.74, 6) is -0.113. The van der Waals surface area contributed by atoms with E-state index in [2.05, 4.69) is 5.32 Å². The fraction of sp³-hybridized carbons (Fsp3) is 0.333. The fourth-order valence-electron chi connectivity index (χ4n) is 3.16. The normalized spacial score (nSPS) is 15.8. The lowest BCUT2D eigenvalue weighted by Crippen LogP contribution is -2.47. The summed E-state index contributed by atoms with van der Waals surface area (Å²) in [5, 5.41) is 2.88. The topological polar surface area (TPSA) is 84.7 Å². The van der Waals surface area contributed by atoms with Crippen molar-refractivity contribution in [2.24, 2.45) is 11.7 Å². The molecule has 28 heavy (non-hydrogen) atoms. The highest BCUT2D eigenvalue weighted by atomic mass is 19.1. The van der Waals surface area contributed by atoms with Crippen LogP contribution in [-0.4, -0.2) is 35.8 Å². The number of carbonyl (C=O) groups is 2. The summed E-state index contributed by atoms with van der Waals surface area (Å²) in [6, 6.07) is 12.4. The number of amides is 2. The van der Waals surface area contributed by atoms with Gasteiger partial charge >= 0.3 is 0 Å². The minimum Gasteiger partial charge on any atom is -0.454 e. The number of para-hydroxylation sites is 1. The van der Waals surface area contributed by atoms with Crippen molar-refractivity contribution >= 4 is 17.5 Å². The highest BCUT2D eigenvalue weighted by Gasteiger charge is 2.28. The van der Waals surface area contributed by atoms with Gasteiger partial charge in [-0.15, -0.1) is 0 Å². The molecule has 0 aromatic heterocycles. The number of nitrogens with zero attached hydrogens (tertiary/aromatic N) is 1. The zero-order valence-corrected chi connectivity index (χ0v) is 15.7. The Balaban J connectivity index is 1.52. The third kappa shape index (κ3) is 4.86. The van der Waals surface area contributed by atoms with Crippen molar-refractivity contribution in [3.63, 3.8) is 0 Å². The van der Waals surface area contributed by atoms with Crippen LogP contribution in [0.5, 0.6) is 11.5 Å². The van der Waals surface area contributed by atoms with Crippen LogP contribution >= 0.6 is 0 Å². The molecule has 3 N–H and O–H groups in total. The van der Waals surface area contributed by atoms with E-state index in [-0.39, 0.29) is 23.5 Å². The van der Waals surface area contributed by atoms with Gasteiger partial charge in [-0.05, 0) is 56.2 Å². The lowest BCUT2D eigenvalue weighted by molar-refractivity contribution is -0.135. The first-order valence-corrected chi connectivity index (χ1v) is 9.31. The molecule has 2 amide bonds. The average Bonchev–Trinajstić information content (AvgIpc) is 2.70. The predicted octanol–water partition coefficient (Wildman–Crippen LogP) is 3.14. The van der Waals surface area contributed by atoms with E-state index in [1.807, 2.05) is 0 Å². The first kappa shape index (κ1) is 19.8. The molecule has 0 unspecified atom stereocenters. The average molecular weight is 385 g/mol. The van der Waals surface area contributed by atoms with E-state index < -0.39 is 11.9 Å². The van der Waals surface area contributed by atoms with Crippen molar-refractivity contribution in [2.45, 2.75) is 25.8 Å². The fourth-order valence-corrected chi connectivity index (χ4v) is 3.16. The quantitative estimate of drug-likeness (QED) is 0.828. The zero-order valence-electron chi connectivity index (χ0n) is 15.7. The maximum atomic E-state index is 13.6. The molecule has 0 saturated carbocycles. The van der Waals surface area contributed by atoms with Crippen LogP contribution in [0, 0.1) is 11.7 Å². The summed E-state index contributed by atoms with van der Waals surface area (Å²) in [7, 11) is 0. The molecule has 1 atom stereocenters. The minimum absolute atomic E-state index is 0.0735. The number of hydrogen-bond donors (Lipinski definition) is 2. The Hall–Kier alpha value is -2.93. The number of nitrogens with two attached hydrogens (primary N) is 1. The number of halogens is 1. The Morgan fingerprint density at radius 2 is 1.79 bits per heavy atom. The van der Waals surface area contributed by atoms with E-state index in [0.29, 0.717) is 37.4 Å². The number of hydrogen-bond acceptors (Lipinski definition) is 4. The number of piperidine rings is 1. The molecule has 1 aliphatic rings. The molecular formula is C21H24FN3O3. The highest BCUT2D eigenvalue weighted by molar-refractivity contribution is 5.92. The second kappa shape index (κ2) is 8.84. The Bertz CT molecular complexity index is 831. The van der Waals surface area contributed by atoms with E-state index in [1.165, 1.54) is 6.07 Å². The lowest BCUT2D eigenvalue weighted by atomic mass is 9.95. The largest absolute Gasteiger partial charge is 0.454 e. The van der Waals surface area contributed by atoms with Crippen LogP contribution in [-0.2, 0) is 9.59 Å². The van der Waals surface area contributed by atoms with Gasteiger partial charge in [0.25, 0.3) is 0 Å². The van der Waals surface area contributed by atoms with Gasteiger partial charge in [0.05, 0.1) is 6.04 Å². The van der Waals surface area contributed by atoms with Crippen molar-refractivity contribution in [2.75, 3.05) is 18.4 Å². The standard InChI is InChI=1S/C21H24FN3O3/c1-14(23)21(27)25-12-10-15(11-13-25)20(26)24-16-6-8-17(9-7-16)28-19-5-3-2-4-18(19)22/h2-9,14-15H,10-13,23H2,1H3,(H,24,26)/t14-/m1/s1. The van der Waals surface area contributed by atoms with Crippen LogP contribution in [0.15, 0.2) is 48.5 Å². The highest BCUT2D eigenvalue weighted by Crippen LogP contribution is 2.26. The summed E-state index contributed by atoms with van der Waals surface area (Å²) in [6.07, 6.45) is 1.22. The molecule has 6 nitrogen and oxygen atoms in total. The van der Waals surface area contributed by atoms with Crippen molar-refractivity contribution < 1.29 is 18.7 Å². The van der Waals surface area contributed by atoms with E-state index >= 15 is 0 Å². The van der Waals surface area contributed by atoms with Crippen molar-refractivity contribution in [1.82, 2.24) is 4.90 Å². The molecule has 2 aromatic carbocycles. The molecule has 1 heterocycles. The van der Waals surface area contributed by atoms with Crippen LogP contribution in [0.2, 0.25) is 0 Å². The van der Waals surface area contributed by atoms with Gasteiger partial charge in [0.2, 0.25) is 11.8 Å². The second-order valence-electron chi connectivity index (χ2n) is 6.93. The monoisotopic (exact) mass is 385 g/mol. The Labute approximate surface area is 163 Å². The molecule has 7 heteroatoms. The zero-order chi connectivity index (χ0) is 20.1. The van der Waals surface area contributed by atoms with Gasteiger partial charge in [0, 0.05) is 24.7 Å². The smallest absolute Gasteiger partial charge is 0.239 e. The molecule has 0 bridgehead atoms. The van der Waals surface area contributed by atoms with E-state index in [0.717, 1.165) is 0 Å². The molecule has 1 saturated heterocycles. The summed E-state index contributed by atoms with van der Waals surface area (Å²) < 4.78 is 19.1. The Morgan fingerprint density at radius 3 is 2.39 bits per heavy atom. The number of anilines is 1. The minimum atomic E-state index is -0.518. The third-order valence-electron chi connectivity index (χ3n) is 4.75. The van der Waals surface area contributed by atoms with Crippen molar-refractivity contribution in [3.8, 4) is 11.5 Å². The van der Waals surface area contributed by atoms with Gasteiger partial charge < -0.3 is 20.7 Å². The summed E-state index contributed by atoms with van der Waals surface area (Å²) >= 11 is 0. The summed E-state index contributed by atoms with van der Waals surface area (Å²) in [5.41, 5.74) is 6.27. The van der Waals surface area contributed by atoms with Gasteiger partial charge in [0.15, 0.2) is 11.6 Å². The van der Waals surface area contributed by atoms with Crippen molar-refractivity contribution in [1.29, 1.82) is 0 Å². The Morgan fingerprint density at radius 1 is 1.14 bits per heavy atom. The Kier molecular flexibility index (Phi) is 6.26. The molecule has 0 spiro atoms. The number of ether oxygens (including phenoxy) is 1. The maximum absolute atomic E-state index is 13.6. The maximum Gasteiger partial charge on any atom is 0.239 e. The van der Waals surface area contributed by atoms with Crippen LogP contribution in [0.4, 0.5) is 10.1 Å². The number of rotatable bonds is 5. The van der Waals surface area contributed by atoms with Crippen molar-refractivity contribution in [3.05, 3.63) is 54.3 Å². The molecule has 0 aliphatic carbocycles. The number of nitrogens with one attached hydrogen (secondary N) is 1. The SMILES string of the molecule is C[C@@H](N)C(=O)N1CCC(C(=O)Nc2ccc(Oc3ccccc3F)cc2)CC1. The van der Waals surface area contributed by atoms with E-state index in [1.54, 1.807) is 54.3 Å². The number of benzene rings is 2. The summed E-state index contributed by atoms with van der Waals surface area (Å²) in [4.78, 5) is 26.1. The summed E-state index contributed by atoms with van der Waals surface area (Å²) in [6.45, 7) is 2.74. The molecule has 1 fully saturated rings. The first-order chi connectivity index (χ1) is 13.4. The molecule has 3 rings (SSSR count). The second-order valence-corrected chi connectivity index (χ2v) is 6.93. The molecule has 2 aromatic rings. The molecule has 1 aliphatic heterocycles. The van der Waals surface area contributed by atoms with E-state index in [4.69, 9.17) is 10.5 Å². The molecular weight excluding hydrogens is 361 g/mol. The van der Waals surface area contributed by atoms with Gasteiger partial charge in [-0.2, -0.15) is 0 Å². The first-order valence-electron chi connectivity index (χ1n) is 9.31. The third-order valence-corrected chi connectivity index (χ3v) is 4.75. The van der Waals surface area contributed by atoms with Crippen LogP contribution in [0.3, 0.4) is 0 Å². The van der Waals surface area contributed by atoms with Crippen LogP contribution in [0.1, 0.15) is 19.8 Å². The number of likely N-dealkylation sites (tertiary alicyclic amines) is 1. The van der Waals surface area contributed by atoms with Gasteiger partial charge in [-0.3, -0.25) is 9.59 Å². The van der Waals surface area contributed by atoms with Gasteiger partial charge in [-0.25, -0.2) is 4.39 Å². The lowest BCUT2D eigenvalue weighted by Gasteiger charge is -2.32. The van der Waals surface area contributed by atoms with Crippen LogP contribution < -0.4 is 15.8 Å². The molecule has 0 radical (unpaired) electrons. The van der Waals surface area contributed by atoms with Gasteiger partial charge in [0.1, 0.15) is 5.75 Å². The molecule has 148 valence electrons.